The Hall–Kier alpha value is -0.0500. The second kappa shape index (κ2) is 7.10. The predicted molar refractivity (Wildman–Crippen MR) is 88.6 cm³/mol. The molecule has 9 heteroatoms. The van der Waals surface area contributed by atoms with Gasteiger partial charge in [-0.05, 0) is 62.4 Å². The number of carboxylic acids is 2. The van der Waals surface area contributed by atoms with Gasteiger partial charge in [0.15, 0.2) is 0 Å². The third-order valence-electron chi connectivity index (χ3n) is 2.15. The lowest BCUT2D eigenvalue weighted by Crippen LogP contribution is -2.11. The molecular formula is C10H7I3O6. The fraction of sp³-hybridized carbons (Fsp3) is 0.200. The van der Waals surface area contributed by atoms with Gasteiger partial charge in [-0.25, -0.2) is 6.14 Å². The van der Waals surface area contributed by atoms with E-state index in [1.54, 1.807) is 0 Å². The van der Waals surface area contributed by atoms with Crippen molar-refractivity contribution in [3.63, 3.8) is 0 Å². The van der Waals surface area contributed by atoms with Gasteiger partial charge in [0.05, 0.1) is 16.4 Å². The van der Waals surface area contributed by atoms with E-state index in [1.165, 1.54) is 6.07 Å². The van der Waals surface area contributed by atoms with Crippen molar-refractivity contribution in [2.24, 2.45) is 0 Å². The Morgan fingerprint density at radius 1 is 1.11 bits per heavy atom. The molecule has 0 aliphatic carbocycles. The van der Waals surface area contributed by atoms with Gasteiger partial charge in [-0.1, -0.05) is 0 Å². The maximum absolute atomic E-state index is 11.4. The van der Waals surface area contributed by atoms with Crippen molar-refractivity contribution in [3.8, 4) is 0 Å². The molecule has 0 aliphatic rings. The lowest BCUT2D eigenvalue weighted by Gasteiger charge is -2.11. The third kappa shape index (κ3) is 4.47. The monoisotopic (exact) mass is 604 g/mol. The van der Waals surface area contributed by atoms with E-state index in [9.17, 15) is 15.7 Å². The fourth-order valence-corrected chi connectivity index (χ4v) is 5.24. The molecule has 0 atom stereocenters. The van der Waals surface area contributed by atoms with E-state index in [-0.39, 0.29) is 14.7 Å². The number of hydrogen-bond donors (Lipinski definition) is 2. The third-order valence-corrected chi connectivity index (χ3v) is 7.49. The first-order valence-electron chi connectivity index (χ1n) is 4.72. The molecule has 19 heavy (non-hydrogen) atoms. The summed E-state index contributed by atoms with van der Waals surface area (Å²) in [6.45, 7) is 0. The molecule has 0 radical (unpaired) electrons. The molecule has 2 N–H and O–H groups in total. The number of carboxylic acid groups (broad SMARTS) is 2. The molecule has 0 bridgehead atoms. The normalized spacial score (nSPS) is 10.7. The molecule has 0 saturated carbocycles. The largest absolute Gasteiger partial charge is 0.481 e. The van der Waals surface area contributed by atoms with Gasteiger partial charge >= 0.3 is 31.7 Å². The summed E-state index contributed by atoms with van der Waals surface area (Å²) in [7, 11) is 0. The van der Waals surface area contributed by atoms with E-state index < -0.39 is 44.6 Å². The summed E-state index contributed by atoms with van der Waals surface area (Å²) >= 11 is -0.182. The van der Waals surface area contributed by atoms with E-state index in [0.29, 0.717) is 7.14 Å². The zero-order valence-corrected chi connectivity index (χ0v) is 15.6. The minimum Gasteiger partial charge on any atom is -0.481 e. The van der Waals surface area contributed by atoms with Gasteiger partial charge in [-0.2, -0.15) is 0 Å². The van der Waals surface area contributed by atoms with Crippen LogP contribution >= 0.6 is 65.0 Å². The maximum atomic E-state index is 11.4. The Kier molecular flexibility index (Phi) is 6.35. The van der Waals surface area contributed by atoms with E-state index in [4.69, 9.17) is 10.2 Å². The molecule has 0 saturated heterocycles. The number of benzene rings is 1. The van der Waals surface area contributed by atoms with E-state index >= 15 is 0 Å². The SMILES string of the molecule is O=C(O)Cc1cc(I)c(I)c(CC(=O)O)c1I(=O)=O. The smallest absolute Gasteiger partial charge is 0.341 e. The standard InChI is InChI=1S/C10H7I3O6/c11-6-1-4(2-7(14)15)10(13(18)19)5(9(6)12)3-8(16)17/h1H,2-3H2,(H,14,15)(H,16,17). The van der Waals surface area contributed by atoms with Crippen LogP contribution in [0.4, 0.5) is 0 Å². The summed E-state index contributed by atoms with van der Waals surface area (Å²) in [5.41, 5.74) is 0.343. The highest BCUT2D eigenvalue weighted by Gasteiger charge is 2.22. The van der Waals surface area contributed by atoms with Crippen LogP contribution in [0.25, 0.3) is 0 Å². The summed E-state index contributed by atoms with van der Waals surface area (Å²) in [4.78, 5) is 21.6. The van der Waals surface area contributed by atoms with Crippen LogP contribution in [0.1, 0.15) is 11.1 Å². The molecule has 0 amide bonds. The number of aliphatic carboxylic acids is 2. The number of rotatable bonds is 5. The molecule has 104 valence electrons. The van der Waals surface area contributed by atoms with Crippen molar-refractivity contribution in [1.29, 1.82) is 0 Å². The molecule has 0 fully saturated rings. The van der Waals surface area contributed by atoms with Crippen LogP contribution in [0.3, 0.4) is 0 Å². The van der Waals surface area contributed by atoms with Crippen LogP contribution in [-0.2, 0) is 28.6 Å². The molecule has 0 unspecified atom stereocenters. The molecular weight excluding hydrogens is 597 g/mol. The molecule has 1 aromatic rings. The Morgan fingerprint density at radius 2 is 1.63 bits per heavy atom. The summed E-state index contributed by atoms with van der Waals surface area (Å²) in [6, 6.07) is 1.48. The van der Waals surface area contributed by atoms with E-state index in [0.717, 1.165) is 0 Å². The molecule has 1 aromatic carbocycles. The van der Waals surface area contributed by atoms with Gasteiger partial charge in [0, 0.05) is 7.14 Å². The Labute approximate surface area is 142 Å². The number of halogens is 3. The van der Waals surface area contributed by atoms with Gasteiger partial charge in [-0.15, -0.1) is 0 Å². The van der Waals surface area contributed by atoms with Crippen molar-refractivity contribution in [2.45, 2.75) is 12.8 Å². The quantitative estimate of drug-likeness (QED) is 0.396. The summed E-state index contributed by atoms with van der Waals surface area (Å²) in [5, 5.41) is 17.7. The van der Waals surface area contributed by atoms with Crippen molar-refractivity contribution < 1.29 is 25.9 Å². The van der Waals surface area contributed by atoms with Crippen LogP contribution in [0.15, 0.2) is 6.07 Å². The summed E-state index contributed by atoms with van der Waals surface area (Å²) < 4.78 is 23.9. The molecule has 0 heterocycles. The van der Waals surface area contributed by atoms with Gasteiger partial charge in [0.1, 0.15) is 0 Å². The molecule has 0 aliphatic heterocycles. The first-order chi connectivity index (χ1) is 8.73. The van der Waals surface area contributed by atoms with Gasteiger partial charge in [0.2, 0.25) is 0 Å². The van der Waals surface area contributed by atoms with E-state index in [1.807, 2.05) is 45.2 Å². The van der Waals surface area contributed by atoms with Crippen molar-refractivity contribution in [2.75, 3.05) is 0 Å². The second-order valence-corrected chi connectivity index (χ2v) is 8.04. The first-order valence-corrected chi connectivity index (χ1v) is 9.72. The zero-order valence-electron chi connectivity index (χ0n) is 9.15. The van der Waals surface area contributed by atoms with Gasteiger partial charge in [0.25, 0.3) is 0 Å². The average molecular weight is 604 g/mol. The van der Waals surface area contributed by atoms with E-state index in [2.05, 4.69) is 0 Å². The summed E-state index contributed by atoms with van der Waals surface area (Å²) in [5.74, 6) is -2.31. The average Bonchev–Trinajstić information content (AvgIpc) is 2.23. The van der Waals surface area contributed by atoms with Crippen molar-refractivity contribution in [1.82, 2.24) is 0 Å². The molecule has 1 rings (SSSR count). The molecule has 6 nitrogen and oxygen atoms in total. The minimum atomic E-state index is -3.99. The Bertz CT molecular complexity index is 612. The Balaban J connectivity index is 3.61. The second-order valence-electron chi connectivity index (χ2n) is 3.48. The van der Waals surface area contributed by atoms with Crippen LogP contribution in [0.2, 0.25) is 0 Å². The fourth-order valence-electron chi connectivity index (χ4n) is 1.50. The lowest BCUT2D eigenvalue weighted by molar-refractivity contribution is -0.137. The van der Waals surface area contributed by atoms with Gasteiger partial charge in [-0.3, -0.25) is 9.59 Å². The lowest BCUT2D eigenvalue weighted by atomic mass is 10.1. The van der Waals surface area contributed by atoms with Gasteiger partial charge < -0.3 is 10.2 Å². The van der Waals surface area contributed by atoms with Crippen LogP contribution in [0.5, 0.6) is 0 Å². The number of carbonyl (C=O) groups is 2. The topological polar surface area (TPSA) is 109 Å². The minimum absolute atomic E-state index is 0.0983. The number of hydrogen-bond acceptors (Lipinski definition) is 4. The summed E-state index contributed by atoms with van der Waals surface area (Å²) in [6.07, 6.45) is -0.872. The zero-order chi connectivity index (χ0) is 14.7. The van der Waals surface area contributed by atoms with Crippen molar-refractivity contribution in [3.05, 3.63) is 27.9 Å². The van der Waals surface area contributed by atoms with Crippen LogP contribution in [0, 0.1) is 10.7 Å². The highest BCUT2D eigenvalue weighted by molar-refractivity contribution is 14.2. The van der Waals surface area contributed by atoms with Crippen LogP contribution < -0.4 is 0 Å². The predicted octanol–water partition coefficient (Wildman–Crippen LogP) is 2.52. The van der Waals surface area contributed by atoms with Crippen molar-refractivity contribution >= 4 is 76.9 Å². The molecule has 0 spiro atoms. The maximum Gasteiger partial charge on any atom is 0.341 e. The Morgan fingerprint density at radius 3 is 2.05 bits per heavy atom. The molecule has 0 aromatic heterocycles. The highest BCUT2D eigenvalue weighted by Crippen LogP contribution is 2.33. The first kappa shape index (κ1) is 17.0. The highest BCUT2D eigenvalue weighted by atomic mass is 127. The van der Waals surface area contributed by atoms with Crippen LogP contribution in [-0.4, -0.2) is 22.2 Å².